The van der Waals surface area contributed by atoms with Crippen molar-refractivity contribution in [1.82, 2.24) is 0 Å². The summed E-state index contributed by atoms with van der Waals surface area (Å²) >= 11 is 0. The molecule has 2 aromatic rings. The van der Waals surface area contributed by atoms with Crippen molar-refractivity contribution in [1.29, 1.82) is 5.26 Å². The lowest BCUT2D eigenvalue weighted by Gasteiger charge is -2.17. The third kappa shape index (κ3) is 3.37. The maximum Gasteiger partial charge on any atom is 0.335 e. The summed E-state index contributed by atoms with van der Waals surface area (Å²) in [5, 5.41) is 20.7. The molecule has 4 nitrogen and oxygen atoms in total. The minimum atomic E-state index is -1.11. The summed E-state index contributed by atoms with van der Waals surface area (Å²) in [6, 6.07) is 12.3. The quantitative estimate of drug-likeness (QED) is 0.900. The fraction of sp³-hybridized carbons (Fsp3) is 0.125. The van der Waals surface area contributed by atoms with Crippen LogP contribution in [0.25, 0.3) is 0 Å². The SMILES string of the molecule is CC(Nc1cc(C(=O)O)ccc1F)c1cccc(C#N)c1. The Kier molecular flexibility index (Phi) is 4.19. The zero-order valence-corrected chi connectivity index (χ0v) is 11.3. The number of carboxylic acids is 1. The van der Waals surface area contributed by atoms with E-state index in [4.69, 9.17) is 10.4 Å². The van der Waals surface area contributed by atoms with Crippen molar-refractivity contribution in [3.8, 4) is 6.07 Å². The van der Waals surface area contributed by atoms with Gasteiger partial charge in [0.05, 0.1) is 22.9 Å². The molecule has 1 unspecified atom stereocenters. The van der Waals surface area contributed by atoms with Crippen LogP contribution >= 0.6 is 0 Å². The van der Waals surface area contributed by atoms with E-state index in [0.717, 1.165) is 11.6 Å². The average Bonchev–Trinajstić information content (AvgIpc) is 2.49. The molecule has 0 aliphatic carbocycles. The van der Waals surface area contributed by atoms with Crippen LogP contribution in [0.2, 0.25) is 0 Å². The van der Waals surface area contributed by atoms with Gasteiger partial charge in [-0.15, -0.1) is 0 Å². The van der Waals surface area contributed by atoms with Crippen LogP contribution in [0.3, 0.4) is 0 Å². The Balaban J connectivity index is 2.26. The van der Waals surface area contributed by atoms with Crippen LogP contribution < -0.4 is 5.32 Å². The molecular weight excluding hydrogens is 271 g/mol. The van der Waals surface area contributed by atoms with E-state index in [-0.39, 0.29) is 17.3 Å². The first-order valence-electron chi connectivity index (χ1n) is 6.30. The third-order valence-electron chi connectivity index (χ3n) is 3.10. The number of nitrogens with one attached hydrogen (secondary N) is 1. The van der Waals surface area contributed by atoms with Crippen molar-refractivity contribution in [3.05, 3.63) is 65.0 Å². The molecule has 5 heteroatoms. The molecule has 0 radical (unpaired) electrons. The zero-order chi connectivity index (χ0) is 15.4. The van der Waals surface area contributed by atoms with Gasteiger partial charge in [0.1, 0.15) is 5.82 Å². The number of benzene rings is 2. The molecule has 0 amide bonds. The predicted molar refractivity (Wildman–Crippen MR) is 76.6 cm³/mol. The summed E-state index contributed by atoms with van der Waals surface area (Å²) in [5.74, 6) is -1.64. The number of hydrogen-bond donors (Lipinski definition) is 2. The summed E-state index contributed by atoms with van der Waals surface area (Å²) in [7, 11) is 0. The second-order valence-corrected chi connectivity index (χ2v) is 4.60. The van der Waals surface area contributed by atoms with E-state index < -0.39 is 11.8 Å². The number of anilines is 1. The number of aromatic carboxylic acids is 1. The molecule has 0 aliphatic rings. The Morgan fingerprint density at radius 1 is 1.33 bits per heavy atom. The maximum absolute atomic E-state index is 13.7. The lowest BCUT2D eigenvalue weighted by atomic mass is 10.0. The standard InChI is InChI=1S/C16H13FN2O2/c1-10(12-4-2-3-11(7-12)9-18)19-15-8-13(16(20)21)5-6-14(15)17/h2-8,10,19H,1H3,(H,20,21). The van der Waals surface area contributed by atoms with Crippen LogP contribution in [-0.4, -0.2) is 11.1 Å². The van der Waals surface area contributed by atoms with Gasteiger partial charge in [-0.25, -0.2) is 9.18 Å². The van der Waals surface area contributed by atoms with Crippen molar-refractivity contribution in [2.45, 2.75) is 13.0 Å². The largest absolute Gasteiger partial charge is 0.478 e. The van der Waals surface area contributed by atoms with E-state index in [2.05, 4.69) is 5.32 Å². The molecule has 0 saturated carbocycles. The summed E-state index contributed by atoms with van der Waals surface area (Å²) in [6.07, 6.45) is 0. The smallest absolute Gasteiger partial charge is 0.335 e. The van der Waals surface area contributed by atoms with Gasteiger partial charge in [0.25, 0.3) is 0 Å². The second-order valence-electron chi connectivity index (χ2n) is 4.60. The first-order valence-corrected chi connectivity index (χ1v) is 6.30. The number of carbonyl (C=O) groups is 1. The van der Waals surface area contributed by atoms with E-state index >= 15 is 0 Å². The normalized spacial score (nSPS) is 11.5. The number of nitrogens with zero attached hydrogens (tertiary/aromatic N) is 1. The molecule has 0 saturated heterocycles. The van der Waals surface area contributed by atoms with E-state index in [1.165, 1.54) is 12.1 Å². The number of hydrogen-bond acceptors (Lipinski definition) is 3. The maximum atomic E-state index is 13.7. The van der Waals surface area contributed by atoms with Crippen LogP contribution in [0.15, 0.2) is 42.5 Å². The summed E-state index contributed by atoms with van der Waals surface area (Å²) in [6.45, 7) is 1.81. The Morgan fingerprint density at radius 3 is 2.76 bits per heavy atom. The molecule has 0 fully saturated rings. The number of rotatable bonds is 4. The first-order chi connectivity index (χ1) is 10.0. The molecule has 21 heavy (non-hydrogen) atoms. The van der Waals surface area contributed by atoms with Crippen molar-refractivity contribution in [2.75, 3.05) is 5.32 Å². The van der Waals surface area contributed by atoms with Gasteiger partial charge in [-0.05, 0) is 42.8 Å². The second kappa shape index (κ2) is 6.06. The van der Waals surface area contributed by atoms with Crippen molar-refractivity contribution >= 4 is 11.7 Å². The summed E-state index contributed by atoms with van der Waals surface area (Å²) in [5.41, 5.74) is 1.46. The van der Waals surface area contributed by atoms with Gasteiger partial charge >= 0.3 is 5.97 Å². The molecule has 0 aromatic heterocycles. The van der Waals surface area contributed by atoms with Gasteiger partial charge < -0.3 is 10.4 Å². The minimum absolute atomic E-state index is 0.0110. The molecule has 2 aromatic carbocycles. The van der Waals surface area contributed by atoms with E-state index in [9.17, 15) is 9.18 Å². The highest BCUT2D eigenvalue weighted by atomic mass is 19.1. The highest BCUT2D eigenvalue weighted by molar-refractivity contribution is 5.88. The fourth-order valence-electron chi connectivity index (χ4n) is 1.96. The topological polar surface area (TPSA) is 73.1 Å². The third-order valence-corrected chi connectivity index (χ3v) is 3.10. The summed E-state index contributed by atoms with van der Waals surface area (Å²) in [4.78, 5) is 10.9. The predicted octanol–water partition coefficient (Wildman–Crippen LogP) is 3.57. The van der Waals surface area contributed by atoms with Crippen LogP contribution in [0.1, 0.15) is 34.5 Å². The van der Waals surface area contributed by atoms with Crippen LogP contribution in [0, 0.1) is 17.1 Å². The molecular formula is C16H13FN2O2. The Morgan fingerprint density at radius 2 is 2.10 bits per heavy atom. The lowest BCUT2D eigenvalue weighted by Crippen LogP contribution is -2.09. The van der Waals surface area contributed by atoms with Gasteiger partial charge in [-0.2, -0.15) is 5.26 Å². The Hall–Kier alpha value is -2.87. The Labute approximate surface area is 121 Å². The van der Waals surface area contributed by atoms with Crippen molar-refractivity contribution < 1.29 is 14.3 Å². The van der Waals surface area contributed by atoms with Crippen molar-refractivity contribution in [3.63, 3.8) is 0 Å². The molecule has 0 bridgehead atoms. The molecule has 0 heterocycles. The number of halogens is 1. The first kappa shape index (κ1) is 14.5. The average molecular weight is 284 g/mol. The minimum Gasteiger partial charge on any atom is -0.478 e. The number of carboxylic acid groups (broad SMARTS) is 1. The van der Waals surface area contributed by atoms with Crippen molar-refractivity contribution in [2.24, 2.45) is 0 Å². The molecule has 0 aliphatic heterocycles. The molecule has 2 rings (SSSR count). The van der Waals surface area contributed by atoms with Gasteiger partial charge in [-0.1, -0.05) is 12.1 Å². The molecule has 106 valence electrons. The van der Waals surface area contributed by atoms with E-state index in [1.54, 1.807) is 18.2 Å². The van der Waals surface area contributed by atoms with Gasteiger partial charge in [0, 0.05) is 6.04 Å². The van der Waals surface area contributed by atoms with E-state index in [0.29, 0.717) is 5.56 Å². The highest BCUT2D eigenvalue weighted by Crippen LogP contribution is 2.23. The fourth-order valence-corrected chi connectivity index (χ4v) is 1.96. The van der Waals surface area contributed by atoms with Gasteiger partial charge in [0.2, 0.25) is 0 Å². The monoisotopic (exact) mass is 284 g/mol. The number of nitriles is 1. The molecule has 2 N–H and O–H groups in total. The van der Waals surface area contributed by atoms with Crippen LogP contribution in [-0.2, 0) is 0 Å². The van der Waals surface area contributed by atoms with E-state index in [1.807, 2.05) is 19.1 Å². The van der Waals surface area contributed by atoms with Gasteiger partial charge in [0.15, 0.2) is 0 Å². The van der Waals surface area contributed by atoms with Crippen LogP contribution in [0.5, 0.6) is 0 Å². The molecule has 0 spiro atoms. The Bertz CT molecular complexity index is 722. The summed E-state index contributed by atoms with van der Waals surface area (Å²) < 4.78 is 13.7. The highest BCUT2D eigenvalue weighted by Gasteiger charge is 2.12. The zero-order valence-electron chi connectivity index (χ0n) is 11.3. The lowest BCUT2D eigenvalue weighted by molar-refractivity contribution is 0.0697. The van der Waals surface area contributed by atoms with Crippen LogP contribution in [0.4, 0.5) is 10.1 Å². The molecule has 1 atom stereocenters. The van der Waals surface area contributed by atoms with Gasteiger partial charge in [-0.3, -0.25) is 0 Å².